The molecule has 7 heteroatoms. The predicted molar refractivity (Wildman–Crippen MR) is 74.2 cm³/mol. The summed E-state index contributed by atoms with van der Waals surface area (Å²) in [6, 6.07) is 1.49. The van der Waals surface area contributed by atoms with Gasteiger partial charge < -0.3 is 15.5 Å². The molecule has 0 spiro atoms. The first-order valence-corrected chi connectivity index (χ1v) is 6.20. The summed E-state index contributed by atoms with van der Waals surface area (Å²) in [4.78, 5) is 24.7. The van der Waals surface area contributed by atoms with E-state index in [4.69, 9.17) is 0 Å². The Morgan fingerprint density at radius 3 is 2.74 bits per heavy atom. The Hall–Kier alpha value is -1.89. The van der Waals surface area contributed by atoms with Crippen molar-refractivity contribution in [2.75, 3.05) is 39.5 Å². The number of aryl methyl sites for hydroxylation is 1. The van der Waals surface area contributed by atoms with Gasteiger partial charge in [0.25, 0.3) is 5.56 Å². The van der Waals surface area contributed by atoms with Crippen LogP contribution in [0.5, 0.6) is 0 Å². The second-order valence-corrected chi connectivity index (χ2v) is 4.37. The smallest absolute Gasteiger partial charge is 0.268 e. The Balaban J connectivity index is 2.57. The highest BCUT2D eigenvalue weighted by molar-refractivity contribution is 5.75. The highest BCUT2D eigenvalue weighted by Crippen LogP contribution is 1.99. The minimum atomic E-state index is -0.207. The van der Waals surface area contributed by atoms with Crippen molar-refractivity contribution >= 4 is 11.6 Å². The zero-order valence-electron chi connectivity index (χ0n) is 11.6. The van der Waals surface area contributed by atoms with Gasteiger partial charge in [-0.25, -0.2) is 4.68 Å². The van der Waals surface area contributed by atoms with Gasteiger partial charge in [0.15, 0.2) is 0 Å². The summed E-state index contributed by atoms with van der Waals surface area (Å²) in [5.41, 5.74) is 0.483. The minimum Gasteiger partial charge on any atom is -0.382 e. The van der Waals surface area contributed by atoms with Crippen LogP contribution in [0.15, 0.2) is 17.1 Å². The summed E-state index contributed by atoms with van der Waals surface area (Å²) in [5.74, 6) is -0.0232. The van der Waals surface area contributed by atoms with Crippen LogP contribution in [0.3, 0.4) is 0 Å². The van der Waals surface area contributed by atoms with Gasteiger partial charge >= 0.3 is 0 Å². The highest BCUT2D eigenvalue weighted by atomic mass is 16.2. The number of hydrogen-bond acceptors (Lipinski definition) is 5. The van der Waals surface area contributed by atoms with Crippen molar-refractivity contribution in [1.82, 2.24) is 20.0 Å². The second kappa shape index (κ2) is 7.52. The number of nitrogens with zero attached hydrogens (tertiary/aromatic N) is 3. The van der Waals surface area contributed by atoms with E-state index >= 15 is 0 Å². The molecule has 1 heterocycles. The molecule has 0 aliphatic heterocycles. The average molecular weight is 267 g/mol. The molecule has 0 aliphatic rings. The fourth-order valence-corrected chi connectivity index (χ4v) is 1.46. The summed E-state index contributed by atoms with van der Waals surface area (Å²) in [5, 5.41) is 10.1. The van der Waals surface area contributed by atoms with Crippen LogP contribution in [0.2, 0.25) is 0 Å². The monoisotopic (exact) mass is 267 g/mol. The van der Waals surface area contributed by atoms with E-state index in [0.717, 1.165) is 13.1 Å². The molecule has 0 bridgehead atoms. The van der Waals surface area contributed by atoms with Gasteiger partial charge in [0.05, 0.1) is 18.4 Å². The van der Waals surface area contributed by atoms with Gasteiger partial charge in [-0.1, -0.05) is 0 Å². The number of amides is 1. The maximum atomic E-state index is 11.8. The number of carbonyl (C=O) groups excluding carboxylic acids is 1. The van der Waals surface area contributed by atoms with E-state index in [9.17, 15) is 9.59 Å². The van der Waals surface area contributed by atoms with Gasteiger partial charge in [-0.15, -0.1) is 0 Å². The lowest BCUT2D eigenvalue weighted by atomic mass is 10.3. The minimum absolute atomic E-state index is 0.0232. The Bertz CT molecular complexity index is 469. The third kappa shape index (κ3) is 5.09. The van der Waals surface area contributed by atoms with Crippen molar-refractivity contribution in [2.24, 2.45) is 0 Å². The first-order chi connectivity index (χ1) is 9.04. The van der Waals surface area contributed by atoms with Gasteiger partial charge in [0.2, 0.25) is 5.91 Å². The average Bonchev–Trinajstić information content (AvgIpc) is 2.37. The largest absolute Gasteiger partial charge is 0.382 e. The van der Waals surface area contributed by atoms with Gasteiger partial charge in [-0.2, -0.15) is 5.10 Å². The molecule has 0 radical (unpaired) electrons. The summed E-state index contributed by atoms with van der Waals surface area (Å²) in [7, 11) is 5.24. The van der Waals surface area contributed by atoms with Crippen molar-refractivity contribution in [3.63, 3.8) is 0 Å². The number of carbonyl (C=O) groups is 1. The van der Waals surface area contributed by atoms with Crippen LogP contribution < -0.4 is 16.2 Å². The molecular weight excluding hydrogens is 246 g/mol. The van der Waals surface area contributed by atoms with E-state index in [1.807, 2.05) is 7.05 Å². The van der Waals surface area contributed by atoms with Gasteiger partial charge in [0, 0.05) is 39.7 Å². The molecule has 106 valence electrons. The summed E-state index contributed by atoms with van der Waals surface area (Å²) >= 11 is 0. The number of rotatable bonds is 7. The van der Waals surface area contributed by atoms with E-state index in [2.05, 4.69) is 15.7 Å². The lowest BCUT2D eigenvalue weighted by Crippen LogP contribution is -2.28. The zero-order valence-corrected chi connectivity index (χ0v) is 11.6. The Labute approximate surface area is 112 Å². The van der Waals surface area contributed by atoms with E-state index in [1.165, 1.54) is 15.6 Å². The molecule has 0 saturated carbocycles. The maximum Gasteiger partial charge on any atom is 0.268 e. The molecule has 1 amide bonds. The van der Waals surface area contributed by atoms with Crippen LogP contribution in [0.1, 0.15) is 6.42 Å². The van der Waals surface area contributed by atoms with Crippen molar-refractivity contribution < 1.29 is 4.79 Å². The molecule has 0 atom stereocenters. The number of aromatic nitrogens is 2. The third-order valence-electron chi connectivity index (χ3n) is 2.61. The molecule has 0 fully saturated rings. The molecule has 7 nitrogen and oxygen atoms in total. The SMILES string of the molecule is CNCCNc1cnn(CCC(=O)N(C)C)c(=O)c1. The normalized spacial score (nSPS) is 10.3. The number of anilines is 1. The molecule has 19 heavy (non-hydrogen) atoms. The molecule has 0 unspecified atom stereocenters. The molecule has 1 rings (SSSR count). The van der Waals surface area contributed by atoms with Crippen LogP contribution in [0, 0.1) is 0 Å². The van der Waals surface area contributed by atoms with E-state index in [0.29, 0.717) is 12.2 Å². The summed E-state index contributed by atoms with van der Waals surface area (Å²) in [6.45, 7) is 1.83. The van der Waals surface area contributed by atoms with Crippen molar-refractivity contribution in [2.45, 2.75) is 13.0 Å². The molecule has 1 aromatic rings. The van der Waals surface area contributed by atoms with Crippen molar-refractivity contribution in [1.29, 1.82) is 0 Å². The molecule has 0 aliphatic carbocycles. The highest BCUT2D eigenvalue weighted by Gasteiger charge is 2.06. The van der Waals surface area contributed by atoms with Crippen molar-refractivity contribution in [3.8, 4) is 0 Å². The fraction of sp³-hybridized carbons (Fsp3) is 0.583. The van der Waals surface area contributed by atoms with Gasteiger partial charge in [0.1, 0.15) is 0 Å². The van der Waals surface area contributed by atoms with E-state index in [1.54, 1.807) is 20.3 Å². The lowest BCUT2D eigenvalue weighted by Gasteiger charge is -2.11. The summed E-state index contributed by atoms with van der Waals surface area (Å²) < 4.78 is 1.30. The quantitative estimate of drug-likeness (QED) is 0.642. The Morgan fingerprint density at radius 1 is 1.42 bits per heavy atom. The van der Waals surface area contributed by atoms with Crippen LogP contribution in [-0.4, -0.2) is 54.8 Å². The topological polar surface area (TPSA) is 79.3 Å². The maximum absolute atomic E-state index is 11.8. The number of hydrogen-bond donors (Lipinski definition) is 2. The van der Waals surface area contributed by atoms with E-state index in [-0.39, 0.29) is 17.9 Å². The Kier molecular flexibility index (Phi) is 6.01. The van der Waals surface area contributed by atoms with Crippen molar-refractivity contribution in [3.05, 3.63) is 22.6 Å². The molecule has 2 N–H and O–H groups in total. The Morgan fingerprint density at radius 2 is 2.16 bits per heavy atom. The number of likely N-dealkylation sites (N-methyl/N-ethyl adjacent to an activating group) is 1. The van der Waals surface area contributed by atoms with Crippen LogP contribution in [0.25, 0.3) is 0 Å². The number of nitrogens with one attached hydrogen (secondary N) is 2. The van der Waals surface area contributed by atoms with Crippen LogP contribution in [-0.2, 0) is 11.3 Å². The zero-order chi connectivity index (χ0) is 14.3. The first kappa shape index (κ1) is 15.2. The third-order valence-corrected chi connectivity index (χ3v) is 2.61. The standard InChI is InChI=1S/C12H21N5O2/c1-13-5-6-14-10-8-12(19)17(15-9-10)7-4-11(18)16(2)3/h8-9,13-14H,4-7H2,1-3H3. The van der Waals surface area contributed by atoms with E-state index < -0.39 is 0 Å². The fourth-order valence-electron chi connectivity index (χ4n) is 1.46. The molecule has 1 aromatic heterocycles. The second-order valence-electron chi connectivity index (χ2n) is 4.37. The first-order valence-electron chi connectivity index (χ1n) is 6.20. The lowest BCUT2D eigenvalue weighted by molar-refractivity contribution is -0.128. The van der Waals surface area contributed by atoms with Gasteiger partial charge in [-0.3, -0.25) is 9.59 Å². The van der Waals surface area contributed by atoms with Gasteiger partial charge in [-0.05, 0) is 7.05 Å². The predicted octanol–water partition coefficient (Wildman–Crippen LogP) is -0.647. The molecular formula is C12H21N5O2. The van der Waals surface area contributed by atoms with Crippen LogP contribution in [0.4, 0.5) is 5.69 Å². The summed E-state index contributed by atoms with van der Waals surface area (Å²) in [6.07, 6.45) is 1.86. The molecule has 0 saturated heterocycles. The van der Waals surface area contributed by atoms with Crippen LogP contribution >= 0.6 is 0 Å². The molecule has 0 aromatic carbocycles.